The number of aromatic nitrogens is 1. The van der Waals surface area contributed by atoms with Gasteiger partial charge in [-0.05, 0) is 41.5 Å². The van der Waals surface area contributed by atoms with Crippen LogP contribution >= 0.6 is 0 Å². The summed E-state index contributed by atoms with van der Waals surface area (Å²) in [4.78, 5) is 28.4. The molecule has 3 rings (SSSR count). The molecule has 0 atom stereocenters. The monoisotopic (exact) mass is 307 g/mol. The van der Waals surface area contributed by atoms with E-state index in [1.807, 2.05) is 30.3 Å². The van der Waals surface area contributed by atoms with Gasteiger partial charge in [0.25, 0.3) is 11.8 Å². The minimum atomic E-state index is -0.486. The molecule has 0 radical (unpaired) electrons. The summed E-state index contributed by atoms with van der Waals surface area (Å²) in [5.74, 6) is -0.551. The molecule has 0 saturated carbocycles. The molecule has 5 heteroatoms. The van der Waals surface area contributed by atoms with E-state index in [9.17, 15) is 9.59 Å². The average molecular weight is 307 g/mol. The Morgan fingerprint density at radius 2 is 1.83 bits per heavy atom. The number of nitrogens with two attached hydrogens (primary N) is 1. The molecule has 23 heavy (non-hydrogen) atoms. The molecule has 1 aromatic heterocycles. The number of nitrogens with zero attached hydrogens (tertiary/aromatic N) is 1. The molecule has 0 unspecified atom stereocenters. The highest BCUT2D eigenvalue weighted by molar-refractivity contribution is 6.07. The molecule has 1 heterocycles. The number of aromatic amines is 1. The van der Waals surface area contributed by atoms with Crippen LogP contribution in [-0.4, -0.2) is 35.8 Å². The number of carbonyl (C=O) groups is 2. The van der Waals surface area contributed by atoms with E-state index in [2.05, 4.69) is 4.98 Å². The number of hydrogen-bond acceptors (Lipinski definition) is 2. The second-order valence-corrected chi connectivity index (χ2v) is 5.61. The molecule has 2 amide bonds. The third-order valence-corrected chi connectivity index (χ3v) is 3.77. The van der Waals surface area contributed by atoms with E-state index in [1.165, 1.54) is 4.90 Å². The van der Waals surface area contributed by atoms with Gasteiger partial charge in [0, 0.05) is 31.2 Å². The summed E-state index contributed by atoms with van der Waals surface area (Å²) < 4.78 is 0. The van der Waals surface area contributed by atoms with E-state index >= 15 is 0 Å². The zero-order valence-electron chi connectivity index (χ0n) is 13.0. The lowest BCUT2D eigenvalue weighted by atomic mass is 9.98. The van der Waals surface area contributed by atoms with Crippen LogP contribution in [-0.2, 0) is 0 Å². The summed E-state index contributed by atoms with van der Waals surface area (Å²) in [5.41, 5.74) is 8.95. The highest BCUT2D eigenvalue weighted by Crippen LogP contribution is 2.28. The minimum Gasteiger partial charge on any atom is -0.366 e. The number of carbonyl (C=O) groups excluding carboxylic acids is 2. The van der Waals surface area contributed by atoms with Crippen LogP contribution in [0.5, 0.6) is 0 Å². The first-order valence-corrected chi connectivity index (χ1v) is 7.20. The molecule has 5 nitrogen and oxygen atoms in total. The molecule has 3 N–H and O–H groups in total. The summed E-state index contributed by atoms with van der Waals surface area (Å²) in [6, 6.07) is 12.9. The molecule has 3 aromatic rings. The van der Waals surface area contributed by atoms with Gasteiger partial charge in [0.1, 0.15) is 0 Å². The Morgan fingerprint density at radius 3 is 2.52 bits per heavy atom. The SMILES string of the molecule is CN(C)C(=O)c1cccc(-c2cc(C(N)=O)c3[nH]ccc3c2)c1. The maximum atomic E-state index is 12.1. The van der Waals surface area contributed by atoms with Gasteiger partial charge in [0.2, 0.25) is 0 Å². The molecule has 0 bridgehead atoms. The number of amides is 2. The fourth-order valence-corrected chi connectivity index (χ4v) is 2.62. The number of benzene rings is 2. The summed E-state index contributed by atoms with van der Waals surface area (Å²) in [6.07, 6.45) is 1.77. The van der Waals surface area contributed by atoms with E-state index in [0.29, 0.717) is 11.1 Å². The van der Waals surface area contributed by atoms with Crippen molar-refractivity contribution in [3.05, 3.63) is 59.8 Å². The van der Waals surface area contributed by atoms with Crippen molar-refractivity contribution in [2.45, 2.75) is 0 Å². The molecule has 0 aliphatic rings. The largest absolute Gasteiger partial charge is 0.366 e. The van der Waals surface area contributed by atoms with Gasteiger partial charge in [0.15, 0.2) is 0 Å². The first-order chi connectivity index (χ1) is 11.0. The third-order valence-electron chi connectivity index (χ3n) is 3.77. The molecular formula is C18H17N3O2. The Labute approximate surface area is 133 Å². The Morgan fingerprint density at radius 1 is 1.04 bits per heavy atom. The maximum absolute atomic E-state index is 12.1. The Kier molecular flexibility index (Phi) is 3.62. The topological polar surface area (TPSA) is 79.2 Å². The van der Waals surface area contributed by atoms with E-state index in [0.717, 1.165) is 22.0 Å². The zero-order chi connectivity index (χ0) is 16.6. The van der Waals surface area contributed by atoms with Gasteiger partial charge in [-0.15, -0.1) is 0 Å². The van der Waals surface area contributed by atoms with Gasteiger partial charge >= 0.3 is 0 Å². The first-order valence-electron chi connectivity index (χ1n) is 7.20. The molecule has 0 aliphatic heterocycles. The Bertz CT molecular complexity index is 910. The quantitative estimate of drug-likeness (QED) is 0.780. The van der Waals surface area contributed by atoms with Crippen molar-refractivity contribution in [3.8, 4) is 11.1 Å². The normalized spacial score (nSPS) is 10.7. The Hall–Kier alpha value is -3.08. The van der Waals surface area contributed by atoms with Crippen molar-refractivity contribution in [1.82, 2.24) is 9.88 Å². The van der Waals surface area contributed by atoms with Gasteiger partial charge in [-0.25, -0.2) is 0 Å². The van der Waals surface area contributed by atoms with Crippen molar-refractivity contribution in [2.75, 3.05) is 14.1 Å². The van der Waals surface area contributed by atoms with Crippen molar-refractivity contribution in [1.29, 1.82) is 0 Å². The van der Waals surface area contributed by atoms with Crippen molar-refractivity contribution in [2.24, 2.45) is 5.73 Å². The van der Waals surface area contributed by atoms with Gasteiger partial charge in [-0.1, -0.05) is 12.1 Å². The molecule has 0 aliphatic carbocycles. The fraction of sp³-hybridized carbons (Fsp3) is 0.111. The molecule has 0 saturated heterocycles. The van der Waals surface area contributed by atoms with Crippen LogP contribution in [0.25, 0.3) is 22.0 Å². The van der Waals surface area contributed by atoms with Gasteiger partial charge in [-0.3, -0.25) is 9.59 Å². The van der Waals surface area contributed by atoms with E-state index in [4.69, 9.17) is 5.73 Å². The van der Waals surface area contributed by atoms with Crippen LogP contribution in [0.1, 0.15) is 20.7 Å². The van der Waals surface area contributed by atoms with Gasteiger partial charge in [-0.2, -0.15) is 0 Å². The summed E-state index contributed by atoms with van der Waals surface area (Å²) in [6.45, 7) is 0. The smallest absolute Gasteiger partial charge is 0.253 e. The molecule has 0 spiro atoms. The number of fused-ring (bicyclic) bond motifs is 1. The van der Waals surface area contributed by atoms with Crippen molar-refractivity contribution < 1.29 is 9.59 Å². The zero-order valence-corrected chi connectivity index (χ0v) is 13.0. The van der Waals surface area contributed by atoms with Crippen LogP contribution in [0.2, 0.25) is 0 Å². The summed E-state index contributed by atoms with van der Waals surface area (Å²) in [7, 11) is 3.43. The number of rotatable bonds is 3. The summed E-state index contributed by atoms with van der Waals surface area (Å²) in [5, 5.41) is 0.903. The van der Waals surface area contributed by atoms with Crippen molar-refractivity contribution in [3.63, 3.8) is 0 Å². The third kappa shape index (κ3) is 2.68. The highest BCUT2D eigenvalue weighted by atomic mass is 16.2. The minimum absolute atomic E-state index is 0.0651. The molecular weight excluding hydrogens is 290 g/mol. The number of H-pyrrole nitrogens is 1. The Balaban J connectivity index is 2.15. The van der Waals surface area contributed by atoms with Crippen LogP contribution in [0.15, 0.2) is 48.7 Å². The second-order valence-electron chi connectivity index (χ2n) is 5.61. The van der Waals surface area contributed by atoms with Crippen LogP contribution in [0.3, 0.4) is 0 Å². The van der Waals surface area contributed by atoms with E-state index in [-0.39, 0.29) is 5.91 Å². The highest BCUT2D eigenvalue weighted by Gasteiger charge is 2.13. The maximum Gasteiger partial charge on any atom is 0.253 e. The lowest BCUT2D eigenvalue weighted by Crippen LogP contribution is -2.21. The number of hydrogen-bond donors (Lipinski definition) is 2. The van der Waals surface area contributed by atoms with Gasteiger partial charge in [0.05, 0.1) is 11.1 Å². The standard InChI is InChI=1S/C18H17N3O2/c1-21(2)18(23)13-5-3-4-11(8-13)14-9-12-6-7-20-16(12)15(10-14)17(19)22/h3-10,20H,1-2H3,(H2,19,22). The lowest BCUT2D eigenvalue weighted by Gasteiger charge is -2.12. The summed E-state index contributed by atoms with van der Waals surface area (Å²) >= 11 is 0. The predicted molar refractivity (Wildman–Crippen MR) is 90.3 cm³/mol. The van der Waals surface area contributed by atoms with E-state index in [1.54, 1.807) is 32.4 Å². The molecule has 0 fully saturated rings. The lowest BCUT2D eigenvalue weighted by molar-refractivity contribution is 0.0827. The predicted octanol–water partition coefficient (Wildman–Crippen LogP) is 2.64. The molecule has 2 aromatic carbocycles. The number of primary amides is 1. The van der Waals surface area contributed by atoms with Crippen LogP contribution in [0.4, 0.5) is 0 Å². The molecule has 116 valence electrons. The number of nitrogens with one attached hydrogen (secondary N) is 1. The van der Waals surface area contributed by atoms with Gasteiger partial charge < -0.3 is 15.6 Å². The van der Waals surface area contributed by atoms with Crippen molar-refractivity contribution >= 4 is 22.7 Å². The van der Waals surface area contributed by atoms with E-state index < -0.39 is 5.91 Å². The fourth-order valence-electron chi connectivity index (χ4n) is 2.62. The second kappa shape index (κ2) is 5.61. The average Bonchev–Trinajstić information content (AvgIpc) is 3.01. The van der Waals surface area contributed by atoms with Crippen LogP contribution < -0.4 is 5.73 Å². The van der Waals surface area contributed by atoms with Crippen LogP contribution in [0, 0.1) is 0 Å². The first kappa shape index (κ1) is 14.8.